The summed E-state index contributed by atoms with van der Waals surface area (Å²) in [6, 6.07) is 0. The Labute approximate surface area is 55.8 Å². The number of hydrogen-bond acceptors (Lipinski definition) is 2. The second-order valence-electron chi connectivity index (χ2n) is 2.24. The van der Waals surface area contributed by atoms with E-state index in [4.69, 9.17) is 4.74 Å². The lowest BCUT2D eigenvalue weighted by Gasteiger charge is -1.96. The van der Waals surface area contributed by atoms with E-state index in [1.54, 1.807) is 0 Å². The van der Waals surface area contributed by atoms with Crippen LogP contribution in [0.1, 0.15) is 12.8 Å². The molecule has 0 aromatic carbocycles. The second-order valence-corrected chi connectivity index (χ2v) is 2.69. The van der Waals surface area contributed by atoms with Gasteiger partial charge in [-0.1, -0.05) is 0 Å². The maximum Gasteiger partial charge on any atom is 0.0554 e. The molecule has 0 aliphatic heterocycles. The summed E-state index contributed by atoms with van der Waals surface area (Å²) in [4.78, 5) is 0. The monoisotopic (exact) mass is 132 g/mol. The predicted molar refractivity (Wildman–Crippen MR) is 37.4 cm³/mol. The molecule has 48 valence electrons. The minimum Gasteiger partial charge on any atom is -0.380 e. The van der Waals surface area contributed by atoms with E-state index in [1.807, 2.05) is 0 Å². The van der Waals surface area contributed by atoms with E-state index in [-0.39, 0.29) is 0 Å². The number of thiol groups is 1. The fourth-order valence-corrected chi connectivity index (χ4v) is 0.728. The molecule has 1 aliphatic carbocycles. The van der Waals surface area contributed by atoms with Crippen LogP contribution in [0.3, 0.4) is 0 Å². The van der Waals surface area contributed by atoms with Crippen molar-refractivity contribution >= 4 is 12.6 Å². The van der Waals surface area contributed by atoms with Crippen molar-refractivity contribution in [2.45, 2.75) is 12.8 Å². The highest BCUT2D eigenvalue weighted by Crippen LogP contribution is 2.28. The van der Waals surface area contributed by atoms with Crippen LogP contribution in [0, 0.1) is 5.92 Å². The van der Waals surface area contributed by atoms with Gasteiger partial charge in [0, 0.05) is 12.4 Å². The maximum atomic E-state index is 5.23. The van der Waals surface area contributed by atoms with Crippen LogP contribution in [0.15, 0.2) is 0 Å². The molecule has 0 aromatic heterocycles. The molecule has 1 rings (SSSR count). The average Bonchev–Trinajstić information content (AvgIpc) is 2.51. The normalized spacial score (nSPS) is 19.1. The Morgan fingerprint density at radius 1 is 1.50 bits per heavy atom. The average molecular weight is 132 g/mol. The van der Waals surface area contributed by atoms with Gasteiger partial charge in [-0.2, -0.15) is 12.6 Å². The molecule has 0 N–H and O–H groups in total. The van der Waals surface area contributed by atoms with E-state index in [0.29, 0.717) is 0 Å². The molecule has 0 atom stereocenters. The summed E-state index contributed by atoms with van der Waals surface area (Å²) in [5.74, 6) is 1.75. The first kappa shape index (κ1) is 6.43. The van der Waals surface area contributed by atoms with Crippen molar-refractivity contribution in [3.63, 3.8) is 0 Å². The maximum absolute atomic E-state index is 5.23. The van der Waals surface area contributed by atoms with E-state index in [0.717, 1.165) is 24.9 Å². The van der Waals surface area contributed by atoms with Crippen molar-refractivity contribution in [1.82, 2.24) is 0 Å². The molecule has 0 saturated heterocycles. The van der Waals surface area contributed by atoms with Crippen LogP contribution in [0.4, 0.5) is 0 Å². The molecule has 0 aromatic rings. The van der Waals surface area contributed by atoms with Crippen LogP contribution in [-0.4, -0.2) is 19.0 Å². The summed E-state index contributed by atoms with van der Waals surface area (Å²) < 4.78 is 5.23. The van der Waals surface area contributed by atoms with Crippen LogP contribution in [0.5, 0.6) is 0 Å². The van der Waals surface area contributed by atoms with E-state index >= 15 is 0 Å². The first-order chi connectivity index (χ1) is 3.93. The van der Waals surface area contributed by atoms with Gasteiger partial charge in [0.2, 0.25) is 0 Å². The highest BCUT2D eigenvalue weighted by Gasteiger charge is 2.20. The highest BCUT2D eigenvalue weighted by molar-refractivity contribution is 7.80. The molecular formula is C6H12OS. The summed E-state index contributed by atoms with van der Waals surface area (Å²) >= 11 is 4.02. The van der Waals surface area contributed by atoms with Gasteiger partial charge in [0.15, 0.2) is 0 Å². The SMILES string of the molecule is SCCOCC1CC1. The van der Waals surface area contributed by atoms with Gasteiger partial charge in [0.25, 0.3) is 0 Å². The van der Waals surface area contributed by atoms with Gasteiger partial charge >= 0.3 is 0 Å². The van der Waals surface area contributed by atoms with Gasteiger partial charge in [0.05, 0.1) is 6.61 Å². The minimum absolute atomic E-state index is 0.819. The molecule has 1 fully saturated rings. The summed E-state index contributed by atoms with van der Waals surface area (Å²) in [5.41, 5.74) is 0. The van der Waals surface area contributed by atoms with Gasteiger partial charge in [0.1, 0.15) is 0 Å². The molecule has 0 amide bonds. The fourth-order valence-electron chi connectivity index (χ4n) is 0.599. The van der Waals surface area contributed by atoms with E-state index in [1.165, 1.54) is 12.8 Å². The van der Waals surface area contributed by atoms with Crippen molar-refractivity contribution in [2.75, 3.05) is 19.0 Å². The highest BCUT2D eigenvalue weighted by atomic mass is 32.1. The standard InChI is InChI=1S/C6H12OS/c8-4-3-7-5-6-1-2-6/h6,8H,1-5H2. The molecule has 8 heavy (non-hydrogen) atoms. The van der Waals surface area contributed by atoms with Crippen LogP contribution < -0.4 is 0 Å². The molecule has 2 heteroatoms. The van der Waals surface area contributed by atoms with Gasteiger partial charge < -0.3 is 4.74 Å². The van der Waals surface area contributed by atoms with Crippen LogP contribution >= 0.6 is 12.6 Å². The summed E-state index contributed by atoms with van der Waals surface area (Å²) in [6.45, 7) is 1.79. The van der Waals surface area contributed by atoms with Crippen molar-refractivity contribution in [2.24, 2.45) is 5.92 Å². The number of hydrogen-bond donors (Lipinski definition) is 1. The second kappa shape index (κ2) is 3.36. The zero-order valence-electron chi connectivity index (χ0n) is 4.97. The zero-order chi connectivity index (χ0) is 5.82. The van der Waals surface area contributed by atoms with E-state index < -0.39 is 0 Å². The van der Waals surface area contributed by atoms with Crippen molar-refractivity contribution in [3.05, 3.63) is 0 Å². The number of ether oxygens (including phenoxy) is 1. The van der Waals surface area contributed by atoms with E-state index in [9.17, 15) is 0 Å². The Morgan fingerprint density at radius 3 is 2.75 bits per heavy atom. The third kappa shape index (κ3) is 2.58. The Morgan fingerprint density at radius 2 is 2.25 bits per heavy atom. The minimum atomic E-state index is 0.819. The lowest BCUT2D eigenvalue weighted by molar-refractivity contribution is 0.140. The van der Waals surface area contributed by atoms with Crippen molar-refractivity contribution in [3.8, 4) is 0 Å². The molecule has 1 saturated carbocycles. The lowest BCUT2D eigenvalue weighted by Crippen LogP contribution is -1.98. The Hall–Kier alpha value is 0.310. The predicted octanol–water partition coefficient (Wildman–Crippen LogP) is 1.34. The van der Waals surface area contributed by atoms with Crippen molar-refractivity contribution in [1.29, 1.82) is 0 Å². The molecule has 0 bridgehead atoms. The largest absolute Gasteiger partial charge is 0.380 e. The molecule has 0 spiro atoms. The van der Waals surface area contributed by atoms with Gasteiger partial charge in [-0.25, -0.2) is 0 Å². The van der Waals surface area contributed by atoms with Crippen molar-refractivity contribution < 1.29 is 4.74 Å². The third-order valence-corrected chi connectivity index (χ3v) is 1.47. The molecule has 0 unspecified atom stereocenters. The van der Waals surface area contributed by atoms with Crippen LogP contribution in [-0.2, 0) is 4.74 Å². The van der Waals surface area contributed by atoms with Gasteiger partial charge in [-0.3, -0.25) is 0 Å². The molecule has 0 radical (unpaired) electrons. The fraction of sp³-hybridized carbons (Fsp3) is 1.00. The van der Waals surface area contributed by atoms with Crippen LogP contribution in [0.2, 0.25) is 0 Å². The molecule has 1 aliphatic rings. The van der Waals surface area contributed by atoms with Gasteiger partial charge in [-0.15, -0.1) is 0 Å². The quantitative estimate of drug-likeness (QED) is 0.448. The first-order valence-corrected chi connectivity index (χ1v) is 3.75. The summed E-state index contributed by atoms with van der Waals surface area (Å²) in [5, 5.41) is 0. The molecule has 0 heterocycles. The smallest absolute Gasteiger partial charge is 0.0554 e. The Kier molecular flexibility index (Phi) is 2.70. The van der Waals surface area contributed by atoms with E-state index in [2.05, 4.69) is 12.6 Å². The Balaban J connectivity index is 1.74. The first-order valence-electron chi connectivity index (χ1n) is 3.12. The van der Waals surface area contributed by atoms with Crippen LogP contribution in [0.25, 0.3) is 0 Å². The topological polar surface area (TPSA) is 9.23 Å². The molecule has 1 nitrogen and oxygen atoms in total. The Bertz CT molecular complexity index is 61.5. The number of rotatable bonds is 4. The zero-order valence-corrected chi connectivity index (χ0v) is 5.86. The lowest BCUT2D eigenvalue weighted by atomic mass is 10.5. The van der Waals surface area contributed by atoms with Gasteiger partial charge in [-0.05, 0) is 18.8 Å². The third-order valence-electron chi connectivity index (χ3n) is 1.29. The molecular weight excluding hydrogens is 120 g/mol. The summed E-state index contributed by atoms with van der Waals surface area (Å²) in [6.07, 6.45) is 2.76. The summed E-state index contributed by atoms with van der Waals surface area (Å²) in [7, 11) is 0.